The molecule has 2 N–H and O–H groups in total. The minimum absolute atomic E-state index is 0.00122. The number of allylic oxidation sites excluding steroid dienone is 3. The molecule has 0 aliphatic rings. The number of likely N-dealkylation sites (N-methyl/N-ethyl adjacent to an activating group) is 1. The van der Waals surface area contributed by atoms with E-state index in [1.54, 1.807) is 6.08 Å². The molecule has 0 aromatic carbocycles. The minimum atomic E-state index is -4.59. The number of carbonyl (C=O) groups is 1. The third-order valence-corrected chi connectivity index (χ3v) is 15.1. The van der Waals surface area contributed by atoms with Crippen molar-refractivity contribution in [2.75, 3.05) is 40.9 Å². The number of carbonyl (C=O) groups excluding carboxylic acids is 1. The Morgan fingerprint density at radius 2 is 0.786 bits per heavy atom. The van der Waals surface area contributed by atoms with Gasteiger partial charge in [-0.3, -0.25) is 9.36 Å². The Morgan fingerprint density at radius 3 is 1.11 bits per heavy atom. The first-order valence-electron chi connectivity index (χ1n) is 30.7. The molecule has 0 fully saturated rings. The average Bonchev–Trinajstić information content (AvgIpc) is 3.32. The fraction of sp³-hybridized carbons (Fsp3) is 0.918. The Morgan fingerprint density at radius 1 is 0.486 bits per heavy atom. The maximum absolute atomic E-state index is 12.9. The number of hydrogen-bond donors (Lipinski definition) is 2. The zero-order valence-corrected chi connectivity index (χ0v) is 48.4. The molecule has 0 aromatic rings. The SMILES string of the molecule is CCCCCCCCCCCCC/C=C/C(O)C(COP(=O)([O-])OCC[N+](C)(C)C)NC(=O)CCCCCCCCCCCCCCCCCCC/C=C\CCCCCCCCCCCCCCCC. The van der Waals surface area contributed by atoms with E-state index in [9.17, 15) is 19.4 Å². The molecule has 9 heteroatoms. The Labute approximate surface area is 436 Å². The highest BCUT2D eigenvalue weighted by atomic mass is 31.2. The van der Waals surface area contributed by atoms with E-state index in [4.69, 9.17) is 9.05 Å². The minimum Gasteiger partial charge on any atom is -0.756 e. The van der Waals surface area contributed by atoms with Crippen LogP contribution < -0.4 is 10.2 Å². The van der Waals surface area contributed by atoms with Gasteiger partial charge in [-0.2, -0.15) is 0 Å². The van der Waals surface area contributed by atoms with Gasteiger partial charge in [-0.1, -0.05) is 282 Å². The Balaban J connectivity index is 3.93. The zero-order chi connectivity index (χ0) is 51.3. The summed E-state index contributed by atoms with van der Waals surface area (Å²) in [4.78, 5) is 25.5. The summed E-state index contributed by atoms with van der Waals surface area (Å²) in [5, 5.41) is 13.9. The topological polar surface area (TPSA) is 108 Å². The molecule has 0 rings (SSSR count). The van der Waals surface area contributed by atoms with Gasteiger partial charge in [0.15, 0.2) is 0 Å². The molecule has 3 unspecified atom stereocenters. The number of nitrogens with zero attached hydrogens (tertiary/aromatic N) is 1. The van der Waals surface area contributed by atoms with E-state index in [1.807, 2.05) is 27.2 Å². The van der Waals surface area contributed by atoms with Crippen LogP contribution >= 0.6 is 7.82 Å². The average molecular weight is 1010 g/mol. The van der Waals surface area contributed by atoms with Crippen molar-refractivity contribution >= 4 is 13.7 Å². The standard InChI is InChI=1S/C61H121N2O6P/c1-6-8-10-12-14-16-18-20-21-22-23-24-25-26-27-28-29-30-31-32-33-34-35-36-37-38-39-40-41-43-45-47-49-51-53-55-61(65)62-59(58-69-70(66,67)68-57-56-63(3,4)5)60(64)54-52-50-48-46-44-42-19-17-15-13-11-9-7-2/h28-29,52,54,59-60,64H,6-27,30-51,53,55-58H2,1-5H3,(H-,62,65,66,67)/b29-28-,54-52+. The van der Waals surface area contributed by atoms with E-state index in [2.05, 4.69) is 31.3 Å². The van der Waals surface area contributed by atoms with Crippen LogP contribution in [0.25, 0.3) is 0 Å². The van der Waals surface area contributed by atoms with Gasteiger partial charge in [0, 0.05) is 6.42 Å². The first-order valence-corrected chi connectivity index (χ1v) is 32.2. The second-order valence-corrected chi connectivity index (χ2v) is 23.8. The lowest BCUT2D eigenvalue weighted by atomic mass is 10.0. The lowest BCUT2D eigenvalue weighted by Crippen LogP contribution is -2.45. The Kier molecular flexibility index (Phi) is 52.1. The second-order valence-electron chi connectivity index (χ2n) is 22.4. The van der Waals surface area contributed by atoms with Crippen molar-refractivity contribution < 1.29 is 32.9 Å². The number of unbranched alkanes of at least 4 members (excludes halogenated alkanes) is 42. The molecule has 3 atom stereocenters. The van der Waals surface area contributed by atoms with Gasteiger partial charge in [0.25, 0.3) is 7.82 Å². The van der Waals surface area contributed by atoms with E-state index < -0.39 is 20.0 Å². The fourth-order valence-corrected chi connectivity index (χ4v) is 10.1. The maximum Gasteiger partial charge on any atom is 0.268 e. The van der Waals surface area contributed by atoms with E-state index in [-0.39, 0.29) is 19.1 Å². The monoisotopic (exact) mass is 1010 g/mol. The van der Waals surface area contributed by atoms with Crippen molar-refractivity contribution in [3.63, 3.8) is 0 Å². The number of nitrogens with one attached hydrogen (secondary N) is 1. The van der Waals surface area contributed by atoms with Gasteiger partial charge in [0.05, 0.1) is 39.9 Å². The summed E-state index contributed by atoms with van der Waals surface area (Å²) in [6.07, 6.45) is 67.1. The van der Waals surface area contributed by atoms with Crippen LogP contribution in [-0.2, 0) is 18.4 Å². The molecule has 0 heterocycles. The van der Waals surface area contributed by atoms with Gasteiger partial charge < -0.3 is 28.8 Å². The normalized spacial score (nSPS) is 14.0. The molecule has 0 spiro atoms. The summed E-state index contributed by atoms with van der Waals surface area (Å²) < 4.78 is 23.3. The predicted octanol–water partition coefficient (Wildman–Crippen LogP) is 18.1. The van der Waals surface area contributed by atoms with Crippen LogP contribution in [0.3, 0.4) is 0 Å². The van der Waals surface area contributed by atoms with Gasteiger partial charge in [-0.05, 0) is 44.9 Å². The molecule has 0 aliphatic carbocycles. The van der Waals surface area contributed by atoms with Crippen molar-refractivity contribution in [1.82, 2.24) is 5.32 Å². The van der Waals surface area contributed by atoms with Crippen molar-refractivity contribution in [1.29, 1.82) is 0 Å². The zero-order valence-electron chi connectivity index (χ0n) is 47.5. The summed E-state index contributed by atoms with van der Waals surface area (Å²) in [6.45, 7) is 4.68. The summed E-state index contributed by atoms with van der Waals surface area (Å²) >= 11 is 0. The van der Waals surface area contributed by atoms with Gasteiger partial charge in [-0.15, -0.1) is 0 Å². The second kappa shape index (κ2) is 52.8. The van der Waals surface area contributed by atoms with Crippen LogP contribution in [0.2, 0.25) is 0 Å². The predicted molar refractivity (Wildman–Crippen MR) is 302 cm³/mol. The lowest BCUT2D eigenvalue weighted by molar-refractivity contribution is -0.870. The summed E-state index contributed by atoms with van der Waals surface area (Å²) in [7, 11) is 1.27. The molecule has 70 heavy (non-hydrogen) atoms. The largest absolute Gasteiger partial charge is 0.756 e. The number of aliphatic hydroxyl groups is 1. The molecule has 0 saturated carbocycles. The van der Waals surface area contributed by atoms with Crippen LogP contribution in [-0.4, -0.2) is 68.5 Å². The number of aliphatic hydroxyl groups excluding tert-OH is 1. The molecule has 0 aliphatic heterocycles. The quantitative estimate of drug-likeness (QED) is 0.0272. The fourth-order valence-electron chi connectivity index (χ4n) is 9.33. The third kappa shape index (κ3) is 54.7. The molecule has 0 saturated heterocycles. The van der Waals surface area contributed by atoms with Gasteiger partial charge >= 0.3 is 0 Å². The number of phosphoric ester groups is 1. The highest BCUT2D eigenvalue weighted by molar-refractivity contribution is 7.45. The van der Waals surface area contributed by atoms with Crippen LogP contribution in [0, 0.1) is 0 Å². The lowest BCUT2D eigenvalue weighted by Gasteiger charge is -2.29. The summed E-state index contributed by atoms with van der Waals surface area (Å²) in [5.41, 5.74) is 0. The first-order chi connectivity index (χ1) is 34.0. The van der Waals surface area contributed by atoms with Gasteiger partial charge in [0.2, 0.25) is 5.91 Å². The molecule has 416 valence electrons. The first kappa shape index (κ1) is 69.0. The van der Waals surface area contributed by atoms with Crippen LogP contribution in [0.4, 0.5) is 0 Å². The van der Waals surface area contributed by atoms with Crippen molar-refractivity contribution in [2.45, 2.75) is 321 Å². The third-order valence-electron chi connectivity index (χ3n) is 14.2. The van der Waals surface area contributed by atoms with Crippen molar-refractivity contribution in [2.24, 2.45) is 0 Å². The molecule has 8 nitrogen and oxygen atoms in total. The van der Waals surface area contributed by atoms with E-state index in [0.29, 0.717) is 17.4 Å². The van der Waals surface area contributed by atoms with Crippen molar-refractivity contribution in [3.05, 3.63) is 24.3 Å². The molecule has 1 amide bonds. The van der Waals surface area contributed by atoms with E-state index in [0.717, 1.165) is 38.5 Å². The maximum atomic E-state index is 12.9. The number of quaternary nitrogens is 1. The molecule has 0 radical (unpaired) electrons. The number of amides is 1. The van der Waals surface area contributed by atoms with Crippen LogP contribution in [0.5, 0.6) is 0 Å². The van der Waals surface area contributed by atoms with Crippen molar-refractivity contribution in [3.8, 4) is 0 Å². The Bertz CT molecular complexity index is 1190. The molecule has 0 aromatic heterocycles. The van der Waals surface area contributed by atoms with Crippen LogP contribution in [0.15, 0.2) is 24.3 Å². The highest BCUT2D eigenvalue weighted by Crippen LogP contribution is 2.38. The van der Waals surface area contributed by atoms with Gasteiger partial charge in [-0.25, -0.2) is 0 Å². The highest BCUT2D eigenvalue weighted by Gasteiger charge is 2.23. The van der Waals surface area contributed by atoms with Crippen LogP contribution in [0.1, 0.15) is 309 Å². The molecular formula is C61H121N2O6P. The summed E-state index contributed by atoms with van der Waals surface area (Å²) in [5.74, 6) is -0.193. The molecular weight excluding hydrogens is 888 g/mol. The summed E-state index contributed by atoms with van der Waals surface area (Å²) in [6, 6.07) is -0.883. The van der Waals surface area contributed by atoms with Gasteiger partial charge in [0.1, 0.15) is 13.2 Å². The van der Waals surface area contributed by atoms with E-state index in [1.165, 1.54) is 250 Å². The number of phosphoric acid groups is 1. The van der Waals surface area contributed by atoms with E-state index >= 15 is 0 Å². The Hall–Kier alpha value is -1.02. The number of hydrogen-bond acceptors (Lipinski definition) is 6. The number of rotatable bonds is 57. The molecule has 0 bridgehead atoms. The smallest absolute Gasteiger partial charge is 0.268 e.